The molecule has 0 bridgehead atoms. The average molecular weight is 241 g/mol. The third kappa shape index (κ3) is 2.23. The normalized spacial score (nSPS) is 31.7. The Morgan fingerprint density at radius 3 is 2.53 bits per heavy atom. The van der Waals surface area contributed by atoms with Gasteiger partial charge in [-0.2, -0.15) is 0 Å². The van der Waals surface area contributed by atoms with Crippen molar-refractivity contribution in [2.45, 2.75) is 39.2 Å². The Morgan fingerprint density at radius 1 is 1.41 bits per heavy atom. The lowest BCUT2D eigenvalue weighted by Gasteiger charge is -2.31. The molecule has 0 aromatic carbocycles. The second-order valence-corrected chi connectivity index (χ2v) is 6.04. The van der Waals surface area contributed by atoms with Crippen molar-refractivity contribution in [2.24, 2.45) is 11.3 Å². The first-order chi connectivity index (χ1) is 7.74. The van der Waals surface area contributed by atoms with Gasteiger partial charge in [-0.1, -0.05) is 0 Å². The maximum absolute atomic E-state index is 11.8. The van der Waals surface area contributed by atoms with Crippen molar-refractivity contribution in [1.82, 2.24) is 4.90 Å². The highest BCUT2D eigenvalue weighted by molar-refractivity contribution is 5.79. The maximum atomic E-state index is 11.8. The Labute approximate surface area is 101 Å². The topological polar surface area (TPSA) is 66.8 Å². The summed E-state index contributed by atoms with van der Waals surface area (Å²) in [6.07, 6.45) is 0.914. The zero-order valence-corrected chi connectivity index (χ0v) is 10.5. The first-order valence-electron chi connectivity index (χ1n) is 5.96. The van der Waals surface area contributed by atoms with E-state index in [1.54, 1.807) is 4.90 Å². The molecule has 96 valence electrons. The van der Waals surface area contributed by atoms with Gasteiger partial charge in [0.15, 0.2) is 0 Å². The molecule has 1 heterocycles. The molecule has 1 saturated heterocycles. The molecule has 2 fully saturated rings. The van der Waals surface area contributed by atoms with Gasteiger partial charge in [0.1, 0.15) is 5.60 Å². The third-order valence-corrected chi connectivity index (χ3v) is 3.58. The summed E-state index contributed by atoms with van der Waals surface area (Å²) in [5.41, 5.74) is -1.04. The third-order valence-electron chi connectivity index (χ3n) is 3.58. The van der Waals surface area contributed by atoms with Crippen molar-refractivity contribution in [3.63, 3.8) is 0 Å². The average Bonchev–Trinajstić information content (AvgIpc) is 2.88. The molecule has 0 radical (unpaired) electrons. The zero-order chi connectivity index (χ0) is 12.8. The molecule has 0 spiro atoms. The van der Waals surface area contributed by atoms with Crippen molar-refractivity contribution in [3.8, 4) is 0 Å². The number of hydrogen-bond acceptors (Lipinski definition) is 3. The molecule has 5 nitrogen and oxygen atoms in total. The van der Waals surface area contributed by atoms with Crippen LogP contribution in [-0.4, -0.2) is 40.8 Å². The first kappa shape index (κ1) is 12.2. The summed E-state index contributed by atoms with van der Waals surface area (Å²) in [5.74, 6) is -0.604. The van der Waals surface area contributed by atoms with Crippen LogP contribution in [0.3, 0.4) is 0 Å². The number of ether oxygens (including phenoxy) is 1. The highest BCUT2D eigenvalue weighted by atomic mass is 16.6. The van der Waals surface area contributed by atoms with Crippen LogP contribution in [0.15, 0.2) is 0 Å². The van der Waals surface area contributed by atoms with Gasteiger partial charge in [-0.25, -0.2) is 4.79 Å². The number of fused-ring (bicyclic) bond motifs is 1. The second kappa shape index (κ2) is 3.62. The highest BCUT2D eigenvalue weighted by Gasteiger charge is 2.62. The predicted octanol–water partition coefficient (Wildman–Crippen LogP) is 1.72. The fourth-order valence-electron chi connectivity index (χ4n) is 2.48. The van der Waals surface area contributed by atoms with Gasteiger partial charge < -0.3 is 14.7 Å². The number of amides is 1. The monoisotopic (exact) mass is 241 g/mol. The van der Waals surface area contributed by atoms with E-state index in [2.05, 4.69) is 0 Å². The molecule has 1 saturated carbocycles. The van der Waals surface area contributed by atoms with Gasteiger partial charge in [-0.15, -0.1) is 0 Å². The Kier molecular flexibility index (Phi) is 2.60. The number of aliphatic carboxylic acids is 1. The van der Waals surface area contributed by atoms with Crippen LogP contribution >= 0.6 is 0 Å². The van der Waals surface area contributed by atoms with Crippen LogP contribution in [0.2, 0.25) is 0 Å². The van der Waals surface area contributed by atoms with Gasteiger partial charge in [0.2, 0.25) is 0 Å². The Bertz CT molecular complexity index is 360. The van der Waals surface area contributed by atoms with Crippen LogP contribution in [-0.2, 0) is 9.53 Å². The van der Waals surface area contributed by atoms with Crippen molar-refractivity contribution >= 4 is 12.1 Å². The lowest BCUT2D eigenvalue weighted by Crippen LogP contribution is -2.43. The Hall–Kier alpha value is -1.26. The van der Waals surface area contributed by atoms with Crippen molar-refractivity contribution in [3.05, 3.63) is 0 Å². The van der Waals surface area contributed by atoms with E-state index in [0.29, 0.717) is 25.9 Å². The Morgan fingerprint density at radius 2 is 2.06 bits per heavy atom. The molecule has 2 rings (SSSR count). The largest absolute Gasteiger partial charge is 0.481 e. The van der Waals surface area contributed by atoms with Crippen LogP contribution in [0.5, 0.6) is 0 Å². The number of nitrogens with zero attached hydrogens (tertiary/aromatic N) is 1. The SMILES string of the molecule is CC(C)(C)OC(=O)N1CC[C@]2(C(=O)O)C[C@H]2C1. The quantitative estimate of drug-likeness (QED) is 0.759. The van der Waals surface area contributed by atoms with Crippen LogP contribution < -0.4 is 0 Å². The molecule has 1 aliphatic carbocycles. The molecular weight excluding hydrogens is 222 g/mol. The molecule has 0 unspecified atom stereocenters. The van der Waals surface area contributed by atoms with E-state index >= 15 is 0 Å². The molecular formula is C12H19NO4. The molecule has 2 aliphatic rings. The van der Waals surface area contributed by atoms with Gasteiger partial charge in [0.05, 0.1) is 5.41 Å². The van der Waals surface area contributed by atoms with E-state index < -0.39 is 17.0 Å². The number of piperidine rings is 1. The molecule has 0 aromatic heterocycles. The smallest absolute Gasteiger partial charge is 0.410 e. The van der Waals surface area contributed by atoms with E-state index in [4.69, 9.17) is 9.84 Å². The zero-order valence-electron chi connectivity index (χ0n) is 10.5. The van der Waals surface area contributed by atoms with Crippen molar-refractivity contribution < 1.29 is 19.4 Å². The van der Waals surface area contributed by atoms with Crippen LogP contribution in [0, 0.1) is 11.3 Å². The fourth-order valence-corrected chi connectivity index (χ4v) is 2.48. The number of carboxylic acids is 1. The number of rotatable bonds is 1. The summed E-state index contributed by atoms with van der Waals surface area (Å²) >= 11 is 0. The summed E-state index contributed by atoms with van der Waals surface area (Å²) in [4.78, 5) is 24.5. The minimum absolute atomic E-state index is 0.112. The summed E-state index contributed by atoms with van der Waals surface area (Å²) in [6, 6.07) is 0. The maximum Gasteiger partial charge on any atom is 0.410 e. The second-order valence-electron chi connectivity index (χ2n) is 6.04. The first-order valence-corrected chi connectivity index (χ1v) is 5.96. The van der Waals surface area contributed by atoms with Gasteiger partial charge in [-0.3, -0.25) is 4.79 Å². The lowest BCUT2D eigenvalue weighted by molar-refractivity contribution is -0.145. The molecule has 2 atom stereocenters. The predicted molar refractivity (Wildman–Crippen MR) is 60.6 cm³/mol. The summed E-state index contributed by atoms with van der Waals surface area (Å²) in [5, 5.41) is 9.12. The fraction of sp³-hybridized carbons (Fsp3) is 0.833. The van der Waals surface area contributed by atoms with Crippen molar-refractivity contribution in [1.29, 1.82) is 0 Å². The van der Waals surface area contributed by atoms with Crippen LogP contribution in [0.4, 0.5) is 4.79 Å². The van der Waals surface area contributed by atoms with E-state index in [9.17, 15) is 9.59 Å². The summed E-state index contributed by atoms with van der Waals surface area (Å²) in [7, 11) is 0. The van der Waals surface area contributed by atoms with Gasteiger partial charge in [0, 0.05) is 13.1 Å². The standard InChI is InChI=1S/C12H19NO4/c1-11(2,3)17-10(16)13-5-4-12(9(14)15)6-8(12)7-13/h8H,4-7H2,1-3H3,(H,14,15)/t8-,12-/m0/s1. The molecule has 1 aliphatic heterocycles. The highest BCUT2D eigenvalue weighted by Crippen LogP contribution is 2.58. The molecule has 0 aromatic rings. The van der Waals surface area contributed by atoms with E-state index in [0.717, 1.165) is 0 Å². The molecule has 1 N–H and O–H groups in total. The number of carbonyl (C=O) groups excluding carboxylic acids is 1. The van der Waals surface area contributed by atoms with E-state index in [-0.39, 0.29) is 12.0 Å². The lowest BCUT2D eigenvalue weighted by atomic mass is 9.96. The number of likely N-dealkylation sites (tertiary alicyclic amines) is 1. The molecule has 17 heavy (non-hydrogen) atoms. The van der Waals surface area contributed by atoms with Crippen molar-refractivity contribution in [2.75, 3.05) is 13.1 Å². The van der Waals surface area contributed by atoms with Crippen LogP contribution in [0.1, 0.15) is 33.6 Å². The number of hydrogen-bond donors (Lipinski definition) is 1. The van der Waals surface area contributed by atoms with Gasteiger partial charge in [-0.05, 0) is 39.5 Å². The number of carboxylic acid groups (broad SMARTS) is 1. The van der Waals surface area contributed by atoms with Gasteiger partial charge in [0.25, 0.3) is 0 Å². The number of carbonyl (C=O) groups is 2. The van der Waals surface area contributed by atoms with Crippen LogP contribution in [0.25, 0.3) is 0 Å². The molecule has 1 amide bonds. The van der Waals surface area contributed by atoms with E-state index in [1.165, 1.54) is 0 Å². The minimum Gasteiger partial charge on any atom is -0.481 e. The molecule has 5 heteroatoms. The van der Waals surface area contributed by atoms with Gasteiger partial charge >= 0.3 is 12.1 Å². The summed E-state index contributed by atoms with van der Waals surface area (Å²) < 4.78 is 5.28. The van der Waals surface area contributed by atoms with E-state index in [1.807, 2.05) is 20.8 Å². The minimum atomic E-state index is -0.716. The summed E-state index contributed by atoms with van der Waals surface area (Å²) in [6.45, 7) is 6.48. The Balaban J connectivity index is 1.92.